The van der Waals surface area contributed by atoms with Gasteiger partial charge in [-0.1, -0.05) is 35.4 Å². The van der Waals surface area contributed by atoms with E-state index in [0.29, 0.717) is 54.8 Å². The molecule has 1 saturated heterocycles. The maximum atomic E-state index is 13.5. The number of hydrogen-bond acceptors (Lipinski definition) is 5. The molecule has 2 amide bonds. The Hall–Kier alpha value is -3.58. The van der Waals surface area contributed by atoms with E-state index in [2.05, 4.69) is 10.3 Å². The minimum atomic E-state index is -0.586. The second-order valence-corrected chi connectivity index (χ2v) is 10.8. The van der Waals surface area contributed by atoms with E-state index in [1.165, 1.54) is 0 Å². The number of amidine groups is 1. The van der Waals surface area contributed by atoms with E-state index < -0.39 is 5.54 Å². The molecule has 1 N–H and O–H groups in total. The Morgan fingerprint density at radius 3 is 2.65 bits per heavy atom. The molecule has 0 radical (unpaired) electrons. The van der Waals surface area contributed by atoms with E-state index in [4.69, 9.17) is 16.0 Å². The predicted octanol–water partition coefficient (Wildman–Crippen LogP) is 5.20. The SMILES string of the molecule is Cc1ccc2oc(C(=O)N3CCN(C(=O)C4=NCCC(c5cccc(Cl)c5)=CN4)C(C)(C)C3)c(C)c2c1. The van der Waals surface area contributed by atoms with Gasteiger partial charge in [-0.2, -0.15) is 0 Å². The number of carbonyl (C=O) groups is 2. The van der Waals surface area contributed by atoms with E-state index in [9.17, 15) is 9.59 Å². The second kappa shape index (κ2) is 9.71. The first-order valence-electron chi connectivity index (χ1n) is 12.5. The summed E-state index contributed by atoms with van der Waals surface area (Å²) in [7, 11) is 0. The van der Waals surface area contributed by atoms with Crippen molar-refractivity contribution in [1.29, 1.82) is 0 Å². The number of piperazine rings is 1. The molecule has 0 bridgehead atoms. The quantitative estimate of drug-likeness (QED) is 0.517. The molecule has 5 rings (SSSR count). The highest BCUT2D eigenvalue weighted by atomic mass is 35.5. The molecule has 2 aliphatic heterocycles. The van der Waals surface area contributed by atoms with Gasteiger partial charge in [0, 0.05) is 48.4 Å². The minimum Gasteiger partial charge on any atom is -0.451 e. The second-order valence-electron chi connectivity index (χ2n) is 10.4. The minimum absolute atomic E-state index is 0.148. The fourth-order valence-electron chi connectivity index (χ4n) is 5.12. The van der Waals surface area contributed by atoms with E-state index in [0.717, 1.165) is 27.6 Å². The maximum absolute atomic E-state index is 13.5. The lowest BCUT2D eigenvalue weighted by Gasteiger charge is -2.46. The molecule has 2 aliphatic rings. The molecular formula is C29H31ClN4O3. The lowest BCUT2D eigenvalue weighted by Crippen LogP contribution is -2.64. The first-order chi connectivity index (χ1) is 17.6. The molecule has 7 nitrogen and oxygen atoms in total. The van der Waals surface area contributed by atoms with Crippen LogP contribution in [0.15, 0.2) is 58.1 Å². The van der Waals surface area contributed by atoms with Crippen LogP contribution in [0.25, 0.3) is 16.5 Å². The number of halogens is 1. The average molecular weight is 519 g/mol. The van der Waals surface area contributed by atoms with Crippen LogP contribution in [-0.2, 0) is 4.79 Å². The van der Waals surface area contributed by atoms with Crippen molar-refractivity contribution >= 4 is 45.8 Å². The molecule has 2 aromatic carbocycles. The number of rotatable bonds is 3. The number of nitrogens with zero attached hydrogens (tertiary/aromatic N) is 3. The van der Waals surface area contributed by atoms with E-state index in [-0.39, 0.29) is 11.8 Å². The monoisotopic (exact) mass is 518 g/mol. The third-order valence-electron chi connectivity index (χ3n) is 7.15. The van der Waals surface area contributed by atoms with Gasteiger partial charge in [0.2, 0.25) is 0 Å². The molecule has 37 heavy (non-hydrogen) atoms. The van der Waals surface area contributed by atoms with Crippen LogP contribution < -0.4 is 5.32 Å². The third kappa shape index (κ3) is 4.88. The van der Waals surface area contributed by atoms with Crippen molar-refractivity contribution in [1.82, 2.24) is 15.1 Å². The van der Waals surface area contributed by atoms with Gasteiger partial charge in [-0.05, 0) is 69.5 Å². The number of aliphatic imine (C=N–C) groups is 1. The average Bonchev–Trinajstić information content (AvgIpc) is 3.03. The summed E-state index contributed by atoms with van der Waals surface area (Å²) < 4.78 is 5.96. The molecule has 1 aromatic heterocycles. The van der Waals surface area contributed by atoms with Crippen molar-refractivity contribution in [3.05, 3.63) is 76.1 Å². The van der Waals surface area contributed by atoms with E-state index in [1.54, 1.807) is 9.80 Å². The summed E-state index contributed by atoms with van der Waals surface area (Å²) in [5, 5.41) is 4.76. The maximum Gasteiger partial charge on any atom is 0.290 e. The highest BCUT2D eigenvalue weighted by molar-refractivity contribution is 6.38. The van der Waals surface area contributed by atoms with Gasteiger partial charge in [0.05, 0.1) is 5.54 Å². The Morgan fingerprint density at radius 1 is 1.08 bits per heavy atom. The van der Waals surface area contributed by atoms with Gasteiger partial charge in [-0.15, -0.1) is 0 Å². The first-order valence-corrected chi connectivity index (χ1v) is 12.9. The van der Waals surface area contributed by atoms with Crippen molar-refractivity contribution in [2.75, 3.05) is 26.2 Å². The van der Waals surface area contributed by atoms with Crippen LogP contribution in [0.3, 0.4) is 0 Å². The largest absolute Gasteiger partial charge is 0.451 e. The fraction of sp³-hybridized carbons (Fsp3) is 0.345. The van der Waals surface area contributed by atoms with Crippen LogP contribution in [-0.4, -0.2) is 59.2 Å². The lowest BCUT2D eigenvalue weighted by molar-refractivity contribution is -0.132. The molecule has 1 fully saturated rings. The molecule has 0 atom stereocenters. The summed E-state index contributed by atoms with van der Waals surface area (Å²) in [6, 6.07) is 13.6. The molecule has 8 heteroatoms. The Labute approximate surface area is 221 Å². The fourth-order valence-corrected chi connectivity index (χ4v) is 5.31. The number of hydrogen-bond donors (Lipinski definition) is 1. The Bertz CT molecular complexity index is 1450. The number of carbonyl (C=O) groups excluding carboxylic acids is 2. The first kappa shape index (κ1) is 25.1. The summed E-state index contributed by atoms with van der Waals surface area (Å²) in [6.07, 6.45) is 2.54. The van der Waals surface area contributed by atoms with E-state index in [1.807, 2.05) is 76.4 Å². The highest BCUT2D eigenvalue weighted by Gasteiger charge is 2.41. The van der Waals surface area contributed by atoms with Gasteiger partial charge in [0.25, 0.3) is 11.8 Å². The molecule has 3 heterocycles. The molecule has 0 unspecified atom stereocenters. The Morgan fingerprint density at radius 2 is 1.89 bits per heavy atom. The number of fused-ring (bicyclic) bond motifs is 1. The zero-order valence-corrected chi connectivity index (χ0v) is 22.4. The van der Waals surface area contributed by atoms with Gasteiger partial charge < -0.3 is 19.5 Å². The number of amides is 2. The van der Waals surface area contributed by atoms with Gasteiger partial charge in [-0.3, -0.25) is 14.6 Å². The number of aryl methyl sites for hydroxylation is 2. The topological polar surface area (TPSA) is 78.2 Å². The Kier molecular flexibility index (Phi) is 6.58. The van der Waals surface area contributed by atoms with Gasteiger partial charge in [0.1, 0.15) is 5.58 Å². The molecule has 0 saturated carbocycles. The van der Waals surface area contributed by atoms with Crippen molar-refractivity contribution in [3.8, 4) is 0 Å². The number of furan rings is 1. The zero-order chi connectivity index (χ0) is 26.3. The summed E-state index contributed by atoms with van der Waals surface area (Å²) in [5.41, 5.74) is 4.14. The normalized spacial score (nSPS) is 17.6. The smallest absolute Gasteiger partial charge is 0.290 e. The highest BCUT2D eigenvalue weighted by Crippen LogP contribution is 2.29. The van der Waals surface area contributed by atoms with Crippen LogP contribution in [0, 0.1) is 13.8 Å². The third-order valence-corrected chi connectivity index (χ3v) is 7.39. The molecule has 3 aromatic rings. The van der Waals surface area contributed by atoms with Crippen LogP contribution in [0.1, 0.15) is 47.5 Å². The van der Waals surface area contributed by atoms with Gasteiger partial charge in [-0.25, -0.2) is 0 Å². The summed E-state index contributed by atoms with van der Waals surface area (Å²) >= 11 is 6.15. The van der Waals surface area contributed by atoms with Gasteiger partial charge >= 0.3 is 0 Å². The zero-order valence-electron chi connectivity index (χ0n) is 21.6. The van der Waals surface area contributed by atoms with Crippen molar-refractivity contribution in [2.45, 2.75) is 39.7 Å². The molecule has 0 aliphatic carbocycles. The van der Waals surface area contributed by atoms with Crippen molar-refractivity contribution in [2.24, 2.45) is 4.99 Å². The van der Waals surface area contributed by atoms with Crippen LogP contribution in [0.4, 0.5) is 0 Å². The van der Waals surface area contributed by atoms with Crippen LogP contribution >= 0.6 is 11.6 Å². The summed E-state index contributed by atoms with van der Waals surface area (Å²) in [5.74, 6) is 0.361. The van der Waals surface area contributed by atoms with Crippen molar-refractivity contribution in [3.63, 3.8) is 0 Å². The summed E-state index contributed by atoms with van der Waals surface area (Å²) in [6.45, 7) is 9.60. The Balaban J connectivity index is 1.30. The standard InChI is InChI=1S/C29H31ClN4O3/c1-18-8-9-24-23(14-18)19(2)25(37-24)27(35)33-12-13-34(29(3,4)17-33)28(36)26-31-11-10-21(16-32-26)20-6-5-7-22(30)15-20/h5-9,14-16H,10-13,17H2,1-4H3,(H,31,32). The number of nitrogens with one attached hydrogen (secondary N) is 1. The lowest BCUT2D eigenvalue weighted by atomic mass is 9.97. The van der Waals surface area contributed by atoms with E-state index >= 15 is 0 Å². The number of benzene rings is 2. The van der Waals surface area contributed by atoms with Crippen LogP contribution in [0.5, 0.6) is 0 Å². The predicted molar refractivity (Wildman–Crippen MR) is 147 cm³/mol. The molecular weight excluding hydrogens is 488 g/mol. The molecule has 192 valence electrons. The van der Waals surface area contributed by atoms with Crippen LogP contribution in [0.2, 0.25) is 5.02 Å². The molecule has 0 spiro atoms. The summed E-state index contributed by atoms with van der Waals surface area (Å²) in [4.78, 5) is 35.1. The van der Waals surface area contributed by atoms with Crippen molar-refractivity contribution < 1.29 is 14.0 Å². The van der Waals surface area contributed by atoms with Gasteiger partial charge in [0.15, 0.2) is 11.6 Å².